The number of hydrogen-bond acceptors (Lipinski definition) is 2. The number of nitrogens with zero attached hydrogens (tertiary/aromatic N) is 1. The van der Waals surface area contributed by atoms with Gasteiger partial charge in [0.1, 0.15) is 5.82 Å². The quantitative estimate of drug-likeness (QED) is 0.838. The van der Waals surface area contributed by atoms with Crippen molar-refractivity contribution in [2.45, 2.75) is 31.1 Å². The van der Waals surface area contributed by atoms with Gasteiger partial charge in [-0.2, -0.15) is 0 Å². The van der Waals surface area contributed by atoms with Gasteiger partial charge in [0.15, 0.2) is 0 Å². The van der Waals surface area contributed by atoms with E-state index in [-0.39, 0.29) is 11.2 Å². The van der Waals surface area contributed by atoms with Crippen molar-refractivity contribution in [1.29, 1.82) is 0 Å². The lowest BCUT2D eigenvalue weighted by Gasteiger charge is -2.26. The molecule has 102 valence electrons. The van der Waals surface area contributed by atoms with Gasteiger partial charge in [0.2, 0.25) is 5.95 Å². The Hall–Kier alpha value is -1.29. The van der Waals surface area contributed by atoms with E-state index in [1.807, 2.05) is 0 Å². The van der Waals surface area contributed by atoms with Crippen molar-refractivity contribution >= 4 is 28.6 Å². The van der Waals surface area contributed by atoms with E-state index in [1.165, 1.54) is 25.0 Å². The minimum absolute atomic E-state index is 0.253. The van der Waals surface area contributed by atoms with Gasteiger partial charge in [-0.3, -0.25) is 0 Å². The van der Waals surface area contributed by atoms with E-state index in [4.69, 9.17) is 11.6 Å². The number of nitrogens with one attached hydrogen (secondary N) is 2. The molecule has 1 aromatic heterocycles. The van der Waals surface area contributed by atoms with Gasteiger partial charge in [-0.15, -0.1) is 11.6 Å². The van der Waals surface area contributed by atoms with Gasteiger partial charge in [-0.25, -0.2) is 9.37 Å². The van der Waals surface area contributed by atoms with Crippen LogP contribution in [0.2, 0.25) is 0 Å². The number of fused-ring (bicyclic) bond motifs is 1. The predicted molar refractivity (Wildman–Crippen MR) is 76.1 cm³/mol. The van der Waals surface area contributed by atoms with E-state index < -0.39 is 0 Å². The number of aromatic amines is 1. The molecule has 3 rings (SSSR count). The lowest BCUT2D eigenvalue weighted by molar-refractivity contribution is 0.380. The Bertz CT molecular complexity index is 569. The maximum atomic E-state index is 13.1. The second-order valence-electron chi connectivity index (χ2n) is 5.19. The summed E-state index contributed by atoms with van der Waals surface area (Å²) in [6.07, 6.45) is 4.74. The van der Waals surface area contributed by atoms with Crippen LogP contribution in [0.15, 0.2) is 18.2 Å². The van der Waals surface area contributed by atoms with Crippen molar-refractivity contribution < 1.29 is 4.39 Å². The van der Waals surface area contributed by atoms with Gasteiger partial charge in [0, 0.05) is 11.9 Å². The third-order valence-corrected chi connectivity index (χ3v) is 4.37. The first-order valence-electron chi connectivity index (χ1n) is 6.75. The third kappa shape index (κ3) is 2.84. The number of rotatable bonds is 3. The van der Waals surface area contributed by atoms with Gasteiger partial charge in [0.05, 0.1) is 11.0 Å². The maximum Gasteiger partial charge on any atom is 0.201 e. The topological polar surface area (TPSA) is 40.7 Å². The molecule has 2 N–H and O–H groups in total. The molecule has 1 aromatic carbocycles. The Kier molecular flexibility index (Phi) is 3.60. The number of hydrogen-bond donors (Lipinski definition) is 2. The lowest BCUT2D eigenvalue weighted by Crippen LogP contribution is -2.26. The zero-order valence-corrected chi connectivity index (χ0v) is 11.4. The Morgan fingerprint density at radius 1 is 1.37 bits per heavy atom. The Labute approximate surface area is 116 Å². The first kappa shape index (κ1) is 12.7. The molecule has 1 fully saturated rings. The van der Waals surface area contributed by atoms with Crippen LogP contribution in [-0.4, -0.2) is 21.9 Å². The molecule has 1 aliphatic rings. The second-order valence-corrected chi connectivity index (χ2v) is 5.75. The van der Waals surface area contributed by atoms with Gasteiger partial charge >= 0.3 is 0 Å². The second kappa shape index (κ2) is 5.37. The minimum atomic E-state index is -0.254. The van der Waals surface area contributed by atoms with Crippen molar-refractivity contribution in [3.63, 3.8) is 0 Å². The third-order valence-electron chi connectivity index (χ3n) is 3.79. The number of anilines is 1. The van der Waals surface area contributed by atoms with E-state index in [9.17, 15) is 4.39 Å². The zero-order chi connectivity index (χ0) is 13.2. The first-order chi connectivity index (χ1) is 9.22. The standard InChI is InChI=1S/C14H17ClFN3/c15-11-4-2-1-3-9(11)8-17-14-18-12-6-5-10(16)7-13(12)19-14/h5-7,9,11H,1-4,8H2,(H2,17,18,19). The van der Waals surface area contributed by atoms with Crippen molar-refractivity contribution in [3.05, 3.63) is 24.0 Å². The molecule has 19 heavy (non-hydrogen) atoms. The Balaban J connectivity index is 1.68. The van der Waals surface area contributed by atoms with E-state index in [0.717, 1.165) is 24.9 Å². The van der Waals surface area contributed by atoms with Crippen LogP contribution in [0.1, 0.15) is 25.7 Å². The van der Waals surface area contributed by atoms with Gasteiger partial charge in [-0.1, -0.05) is 12.8 Å². The van der Waals surface area contributed by atoms with E-state index in [2.05, 4.69) is 15.3 Å². The zero-order valence-electron chi connectivity index (χ0n) is 10.6. The molecule has 0 aliphatic heterocycles. The highest BCUT2D eigenvalue weighted by molar-refractivity contribution is 6.20. The lowest BCUT2D eigenvalue weighted by atomic mass is 9.89. The van der Waals surface area contributed by atoms with Crippen LogP contribution in [0, 0.1) is 11.7 Å². The molecule has 5 heteroatoms. The number of alkyl halides is 1. The largest absolute Gasteiger partial charge is 0.355 e. The number of halogens is 2. The van der Waals surface area contributed by atoms with Crippen molar-refractivity contribution in [3.8, 4) is 0 Å². The first-order valence-corrected chi connectivity index (χ1v) is 7.19. The molecular weight excluding hydrogens is 265 g/mol. The fourth-order valence-electron chi connectivity index (χ4n) is 2.69. The fourth-order valence-corrected chi connectivity index (χ4v) is 3.06. The Morgan fingerprint density at radius 2 is 2.21 bits per heavy atom. The summed E-state index contributed by atoms with van der Waals surface area (Å²) in [5.41, 5.74) is 1.49. The highest BCUT2D eigenvalue weighted by Gasteiger charge is 2.22. The number of imidazole rings is 1. The molecule has 0 radical (unpaired) electrons. The van der Waals surface area contributed by atoms with Gasteiger partial charge < -0.3 is 10.3 Å². The normalized spacial score (nSPS) is 23.7. The molecule has 1 saturated carbocycles. The molecule has 3 nitrogen and oxygen atoms in total. The summed E-state index contributed by atoms with van der Waals surface area (Å²) in [5, 5.41) is 3.53. The van der Waals surface area contributed by atoms with Crippen LogP contribution in [0.25, 0.3) is 11.0 Å². The Morgan fingerprint density at radius 3 is 3.05 bits per heavy atom. The molecule has 2 unspecified atom stereocenters. The SMILES string of the molecule is Fc1ccc2nc(NCC3CCCCC3Cl)[nH]c2c1. The van der Waals surface area contributed by atoms with Crippen LogP contribution < -0.4 is 5.32 Å². The summed E-state index contributed by atoms with van der Waals surface area (Å²) >= 11 is 6.33. The molecule has 1 aliphatic carbocycles. The molecule has 0 saturated heterocycles. The van der Waals surface area contributed by atoms with Crippen molar-refractivity contribution in [2.75, 3.05) is 11.9 Å². The number of H-pyrrole nitrogens is 1. The van der Waals surface area contributed by atoms with Crippen LogP contribution in [0.3, 0.4) is 0 Å². The van der Waals surface area contributed by atoms with Gasteiger partial charge in [0.25, 0.3) is 0 Å². The molecular formula is C14H17ClFN3. The summed E-state index contributed by atoms with van der Waals surface area (Å²) in [6.45, 7) is 0.816. The predicted octanol–water partition coefficient (Wildman–Crippen LogP) is 3.91. The molecule has 2 aromatic rings. The monoisotopic (exact) mass is 281 g/mol. The van der Waals surface area contributed by atoms with E-state index in [0.29, 0.717) is 17.4 Å². The van der Waals surface area contributed by atoms with Crippen molar-refractivity contribution in [1.82, 2.24) is 9.97 Å². The molecule has 0 bridgehead atoms. The highest BCUT2D eigenvalue weighted by Crippen LogP contribution is 2.28. The maximum absolute atomic E-state index is 13.1. The van der Waals surface area contributed by atoms with Gasteiger partial charge in [-0.05, 0) is 37.0 Å². The number of benzene rings is 1. The number of aromatic nitrogens is 2. The fraction of sp³-hybridized carbons (Fsp3) is 0.500. The van der Waals surface area contributed by atoms with Crippen LogP contribution >= 0.6 is 11.6 Å². The molecule has 0 spiro atoms. The van der Waals surface area contributed by atoms with Crippen LogP contribution in [0.4, 0.5) is 10.3 Å². The van der Waals surface area contributed by atoms with E-state index >= 15 is 0 Å². The summed E-state index contributed by atoms with van der Waals surface area (Å²) in [4.78, 5) is 7.47. The summed E-state index contributed by atoms with van der Waals surface area (Å²) in [7, 11) is 0. The molecule has 2 atom stereocenters. The van der Waals surface area contributed by atoms with Crippen LogP contribution in [-0.2, 0) is 0 Å². The highest BCUT2D eigenvalue weighted by atomic mass is 35.5. The average Bonchev–Trinajstić information content (AvgIpc) is 2.79. The average molecular weight is 282 g/mol. The summed E-state index contributed by atoms with van der Waals surface area (Å²) in [6, 6.07) is 4.55. The smallest absolute Gasteiger partial charge is 0.201 e. The molecule has 1 heterocycles. The molecule has 0 amide bonds. The summed E-state index contributed by atoms with van der Waals surface area (Å²) < 4.78 is 13.1. The van der Waals surface area contributed by atoms with E-state index in [1.54, 1.807) is 6.07 Å². The summed E-state index contributed by atoms with van der Waals surface area (Å²) in [5.74, 6) is 0.922. The van der Waals surface area contributed by atoms with Crippen molar-refractivity contribution in [2.24, 2.45) is 5.92 Å². The van der Waals surface area contributed by atoms with Crippen LogP contribution in [0.5, 0.6) is 0 Å². The minimum Gasteiger partial charge on any atom is -0.355 e.